The van der Waals surface area contributed by atoms with E-state index in [9.17, 15) is 13.2 Å². The number of ether oxygens (including phenoxy) is 1. The zero-order chi connectivity index (χ0) is 20.1. The first-order valence-electron chi connectivity index (χ1n) is 8.59. The molecule has 0 bridgehead atoms. The Hall–Kier alpha value is -2.38. The van der Waals surface area contributed by atoms with Gasteiger partial charge in [-0.05, 0) is 50.1 Å². The fourth-order valence-electron chi connectivity index (χ4n) is 2.78. The second-order valence-corrected chi connectivity index (χ2v) is 9.08. The molecule has 0 aliphatic heterocycles. The number of sulfonamides is 1. The Balaban J connectivity index is 2.00. The molecule has 2 aromatic rings. The monoisotopic (exact) mass is 390 g/mol. The molecule has 27 heavy (non-hydrogen) atoms. The molecule has 2 aromatic carbocycles. The average molecular weight is 391 g/mol. The lowest BCUT2D eigenvalue weighted by Crippen LogP contribution is -2.49. The lowest BCUT2D eigenvalue weighted by molar-refractivity contribution is -0.122. The largest absolute Gasteiger partial charge is 0.497 e. The van der Waals surface area contributed by atoms with Crippen LogP contribution in [0.15, 0.2) is 59.5 Å². The lowest BCUT2D eigenvalue weighted by atomic mass is 9.95. The zero-order valence-electron chi connectivity index (χ0n) is 16.1. The number of hydrogen-bond donors (Lipinski definition) is 1. The number of methoxy groups -OCH3 is 1. The van der Waals surface area contributed by atoms with Crippen LogP contribution in [-0.2, 0) is 21.2 Å². The van der Waals surface area contributed by atoms with Crippen LogP contribution >= 0.6 is 0 Å². The van der Waals surface area contributed by atoms with Gasteiger partial charge in [0.1, 0.15) is 5.75 Å². The first-order chi connectivity index (χ1) is 12.6. The van der Waals surface area contributed by atoms with Crippen LogP contribution in [0.3, 0.4) is 0 Å². The minimum Gasteiger partial charge on any atom is -0.497 e. The van der Waals surface area contributed by atoms with Crippen molar-refractivity contribution in [1.29, 1.82) is 0 Å². The van der Waals surface area contributed by atoms with Crippen LogP contribution < -0.4 is 10.1 Å². The Kier molecular flexibility index (Phi) is 6.62. The second kappa shape index (κ2) is 8.54. The summed E-state index contributed by atoms with van der Waals surface area (Å²) >= 11 is 0. The highest BCUT2D eigenvalue weighted by atomic mass is 32.2. The molecule has 1 N–H and O–H groups in total. The van der Waals surface area contributed by atoms with Gasteiger partial charge in [-0.2, -0.15) is 4.31 Å². The predicted octanol–water partition coefficient (Wildman–Crippen LogP) is 2.45. The Morgan fingerprint density at radius 1 is 1.07 bits per heavy atom. The van der Waals surface area contributed by atoms with E-state index < -0.39 is 15.6 Å². The number of carbonyl (C=O) groups excluding carboxylic acids is 1. The highest BCUT2D eigenvalue weighted by Gasteiger charge is 2.26. The molecule has 0 unspecified atom stereocenters. The fourth-order valence-corrected chi connectivity index (χ4v) is 3.91. The van der Waals surface area contributed by atoms with Gasteiger partial charge in [0.2, 0.25) is 15.9 Å². The molecule has 0 fully saturated rings. The Morgan fingerprint density at radius 2 is 1.67 bits per heavy atom. The van der Waals surface area contributed by atoms with Crippen LogP contribution in [0.1, 0.15) is 19.4 Å². The lowest BCUT2D eigenvalue weighted by Gasteiger charge is -2.27. The van der Waals surface area contributed by atoms with E-state index in [2.05, 4.69) is 5.32 Å². The van der Waals surface area contributed by atoms with Gasteiger partial charge in [-0.15, -0.1) is 0 Å². The highest BCUT2D eigenvalue weighted by Crippen LogP contribution is 2.18. The van der Waals surface area contributed by atoms with Crippen LogP contribution in [0.2, 0.25) is 0 Å². The van der Waals surface area contributed by atoms with Gasteiger partial charge >= 0.3 is 0 Å². The minimum absolute atomic E-state index is 0.113. The summed E-state index contributed by atoms with van der Waals surface area (Å²) < 4.78 is 31.3. The first-order valence-corrected chi connectivity index (χ1v) is 10.0. The molecule has 0 saturated heterocycles. The quantitative estimate of drug-likeness (QED) is 0.751. The number of amides is 1. The third-order valence-electron chi connectivity index (χ3n) is 4.10. The summed E-state index contributed by atoms with van der Waals surface area (Å²) in [6, 6.07) is 15.9. The molecule has 0 heterocycles. The minimum atomic E-state index is -3.76. The third-order valence-corrected chi connectivity index (χ3v) is 5.92. The summed E-state index contributed by atoms with van der Waals surface area (Å²) in [7, 11) is -0.853. The highest BCUT2D eigenvalue weighted by molar-refractivity contribution is 7.89. The summed E-state index contributed by atoms with van der Waals surface area (Å²) in [4.78, 5) is 12.5. The van der Waals surface area contributed by atoms with E-state index in [-0.39, 0.29) is 17.3 Å². The Bertz CT molecular complexity index is 863. The van der Waals surface area contributed by atoms with Gasteiger partial charge in [-0.25, -0.2) is 8.42 Å². The molecule has 146 valence electrons. The molecule has 1 amide bonds. The van der Waals surface area contributed by atoms with Crippen molar-refractivity contribution in [2.45, 2.75) is 30.7 Å². The molecule has 0 radical (unpaired) electrons. The maximum absolute atomic E-state index is 12.6. The first kappa shape index (κ1) is 20.9. The van der Waals surface area contributed by atoms with E-state index in [1.165, 1.54) is 26.3 Å². The number of benzene rings is 2. The average Bonchev–Trinajstić information content (AvgIpc) is 2.61. The van der Waals surface area contributed by atoms with Gasteiger partial charge in [0, 0.05) is 12.6 Å². The topological polar surface area (TPSA) is 75.7 Å². The standard InChI is InChI=1S/C20H26N2O4S/c1-20(2,14-16-8-6-5-7-9-16)21-19(23)15-22(3)27(24,25)18-12-10-17(26-4)11-13-18/h5-13H,14-15H2,1-4H3,(H,21,23). The van der Waals surface area contributed by atoms with Crippen LogP contribution in [-0.4, -0.2) is 44.9 Å². The number of hydrogen-bond acceptors (Lipinski definition) is 4. The summed E-state index contributed by atoms with van der Waals surface area (Å²) in [6.45, 7) is 3.57. The van der Waals surface area contributed by atoms with Crippen molar-refractivity contribution in [3.8, 4) is 5.75 Å². The normalized spacial score (nSPS) is 12.0. The van der Waals surface area contributed by atoms with Crippen molar-refractivity contribution in [3.63, 3.8) is 0 Å². The van der Waals surface area contributed by atoms with Gasteiger partial charge in [0.15, 0.2) is 0 Å². The van der Waals surface area contributed by atoms with Gasteiger partial charge < -0.3 is 10.1 Å². The van der Waals surface area contributed by atoms with Gasteiger partial charge in [0.25, 0.3) is 0 Å². The van der Waals surface area contributed by atoms with Crippen molar-refractivity contribution < 1.29 is 17.9 Å². The molecule has 2 rings (SSSR count). The summed E-state index contributed by atoms with van der Waals surface area (Å²) in [5, 5.41) is 2.91. The van der Waals surface area contributed by atoms with E-state index in [1.807, 2.05) is 44.2 Å². The van der Waals surface area contributed by atoms with Gasteiger partial charge in [-0.3, -0.25) is 4.79 Å². The molecule has 0 aromatic heterocycles. The van der Waals surface area contributed by atoms with Crippen molar-refractivity contribution in [2.24, 2.45) is 0 Å². The summed E-state index contributed by atoms with van der Waals surface area (Å²) in [5.74, 6) is 0.215. The van der Waals surface area contributed by atoms with Crippen molar-refractivity contribution in [2.75, 3.05) is 20.7 Å². The molecule has 0 saturated carbocycles. The van der Waals surface area contributed by atoms with Crippen LogP contribution in [0.4, 0.5) is 0 Å². The summed E-state index contributed by atoms with van der Waals surface area (Å²) in [6.07, 6.45) is 0.647. The van der Waals surface area contributed by atoms with E-state index in [0.717, 1.165) is 9.87 Å². The van der Waals surface area contributed by atoms with E-state index in [0.29, 0.717) is 12.2 Å². The second-order valence-electron chi connectivity index (χ2n) is 7.03. The maximum atomic E-state index is 12.6. The molecule has 7 heteroatoms. The fraction of sp³-hybridized carbons (Fsp3) is 0.350. The van der Waals surface area contributed by atoms with Crippen LogP contribution in [0, 0.1) is 0 Å². The Morgan fingerprint density at radius 3 is 2.22 bits per heavy atom. The number of carbonyl (C=O) groups is 1. The number of nitrogens with zero attached hydrogens (tertiary/aromatic N) is 1. The van der Waals surface area contributed by atoms with E-state index in [4.69, 9.17) is 4.74 Å². The van der Waals surface area contributed by atoms with Crippen LogP contribution in [0.25, 0.3) is 0 Å². The number of nitrogens with one attached hydrogen (secondary N) is 1. The molecular formula is C20H26N2O4S. The molecular weight excluding hydrogens is 364 g/mol. The van der Waals surface area contributed by atoms with Crippen LogP contribution in [0.5, 0.6) is 5.75 Å². The Labute approximate surface area is 161 Å². The molecule has 0 aliphatic rings. The van der Waals surface area contributed by atoms with E-state index >= 15 is 0 Å². The van der Waals surface area contributed by atoms with Crippen molar-refractivity contribution in [3.05, 3.63) is 60.2 Å². The molecule has 0 aliphatic carbocycles. The smallest absolute Gasteiger partial charge is 0.243 e. The zero-order valence-corrected chi connectivity index (χ0v) is 16.9. The van der Waals surface area contributed by atoms with Crippen molar-refractivity contribution >= 4 is 15.9 Å². The molecule has 0 atom stereocenters. The summed E-state index contributed by atoms with van der Waals surface area (Å²) in [5.41, 5.74) is 0.602. The number of likely N-dealkylation sites (N-methyl/N-ethyl adjacent to an activating group) is 1. The van der Waals surface area contributed by atoms with Gasteiger partial charge in [-0.1, -0.05) is 30.3 Å². The maximum Gasteiger partial charge on any atom is 0.243 e. The molecule has 6 nitrogen and oxygen atoms in total. The number of rotatable bonds is 8. The SMILES string of the molecule is COc1ccc(S(=O)(=O)N(C)CC(=O)NC(C)(C)Cc2ccccc2)cc1. The van der Waals surface area contributed by atoms with Crippen molar-refractivity contribution in [1.82, 2.24) is 9.62 Å². The molecule has 0 spiro atoms. The van der Waals surface area contributed by atoms with E-state index in [1.54, 1.807) is 12.1 Å². The third kappa shape index (κ3) is 5.80. The predicted molar refractivity (Wildman–Crippen MR) is 105 cm³/mol. The van der Waals surface area contributed by atoms with Gasteiger partial charge in [0.05, 0.1) is 18.6 Å².